The first-order valence-corrected chi connectivity index (χ1v) is 9.33. The summed E-state index contributed by atoms with van der Waals surface area (Å²) >= 11 is 5.87. The molecular formula is C21H23ClN2O2. The van der Waals surface area contributed by atoms with Gasteiger partial charge in [-0.05, 0) is 36.1 Å². The number of amides is 2. The fourth-order valence-electron chi connectivity index (χ4n) is 3.20. The van der Waals surface area contributed by atoms with E-state index in [4.69, 9.17) is 11.6 Å². The summed E-state index contributed by atoms with van der Waals surface area (Å²) in [5.41, 5.74) is 2.33. The summed E-state index contributed by atoms with van der Waals surface area (Å²) in [6, 6.07) is 17.7. The van der Waals surface area contributed by atoms with Crippen LogP contribution in [0.25, 0.3) is 0 Å². The molecule has 0 spiro atoms. The quantitative estimate of drug-likeness (QED) is 0.814. The Morgan fingerprint density at radius 1 is 1.04 bits per heavy atom. The molecule has 0 bridgehead atoms. The Labute approximate surface area is 159 Å². The molecule has 1 saturated heterocycles. The zero-order valence-electron chi connectivity index (χ0n) is 14.7. The van der Waals surface area contributed by atoms with E-state index in [0.29, 0.717) is 31.1 Å². The molecule has 1 atom stereocenters. The molecule has 1 aliphatic heterocycles. The molecule has 0 aliphatic carbocycles. The van der Waals surface area contributed by atoms with Crippen molar-refractivity contribution in [2.45, 2.75) is 19.3 Å². The average molecular weight is 371 g/mol. The van der Waals surface area contributed by atoms with Crippen molar-refractivity contribution in [3.63, 3.8) is 0 Å². The third kappa shape index (κ3) is 5.09. The monoisotopic (exact) mass is 370 g/mol. The van der Waals surface area contributed by atoms with Gasteiger partial charge in [0.25, 0.3) is 0 Å². The molecule has 1 heterocycles. The average Bonchev–Trinajstić information content (AvgIpc) is 3.03. The summed E-state index contributed by atoms with van der Waals surface area (Å²) in [6.07, 6.45) is 1.88. The lowest BCUT2D eigenvalue weighted by molar-refractivity contribution is -0.129. The summed E-state index contributed by atoms with van der Waals surface area (Å²) in [7, 11) is 0. The van der Waals surface area contributed by atoms with E-state index in [2.05, 4.69) is 17.4 Å². The Hall–Kier alpha value is -2.33. The van der Waals surface area contributed by atoms with Crippen molar-refractivity contribution >= 4 is 23.4 Å². The van der Waals surface area contributed by atoms with Crippen LogP contribution >= 0.6 is 11.6 Å². The van der Waals surface area contributed by atoms with Crippen LogP contribution in [-0.4, -0.2) is 36.3 Å². The van der Waals surface area contributed by atoms with Gasteiger partial charge in [0.15, 0.2) is 0 Å². The molecule has 136 valence electrons. The maximum Gasteiger partial charge on any atom is 0.225 e. The van der Waals surface area contributed by atoms with E-state index in [1.807, 2.05) is 42.5 Å². The number of carbonyl (C=O) groups is 2. The number of hydrogen-bond donors (Lipinski definition) is 1. The zero-order valence-corrected chi connectivity index (χ0v) is 15.4. The van der Waals surface area contributed by atoms with Crippen molar-refractivity contribution in [1.82, 2.24) is 10.2 Å². The van der Waals surface area contributed by atoms with Crippen LogP contribution in [0.5, 0.6) is 0 Å². The van der Waals surface area contributed by atoms with Gasteiger partial charge in [0.1, 0.15) is 0 Å². The predicted molar refractivity (Wildman–Crippen MR) is 103 cm³/mol. The minimum Gasteiger partial charge on any atom is -0.355 e. The van der Waals surface area contributed by atoms with E-state index < -0.39 is 0 Å². The lowest BCUT2D eigenvalue weighted by Gasteiger charge is -2.16. The molecule has 4 nitrogen and oxygen atoms in total. The van der Waals surface area contributed by atoms with Crippen LogP contribution < -0.4 is 5.32 Å². The van der Waals surface area contributed by atoms with Crippen LogP contribution in [0, 0.1) is 5.92 Å². The number of halogens is 1. The van der Waals surface area contributed by atoms with Crippen molar-refractivity contribution in [2.24, 2.45) is 5.92 Å². The van der Waals surface area contributed by atoms with Gasteiger partial charge < -0.3 is 10.2 Å². The fraction of sp³-hybridized carbons (Fsp3) is 0.333. The fourth-order valence-corrected chi connectivity index (χ4v) is 3.32. The Bertz CT molecular complexity index is 746. The molecule has 0 radical (unpaired) electrons. The minimum absolute atomic E-state index is 0.0328. The van der Waals surface area contributed by atoms with E-state index in [1.165, 1.54) is 5.56 Å². The van der Waals surface area contributed by atoms with E-state index in [-0.39, 0.29) is 17.7 Å². The van der Waals surface area contributed by atoms with Gasteiger partial charge in [0, 0.05) is 31.1 Å². The van der Waals surface area contributed by atoms with Gasteiger partial charge in [0.2, 0.25) is 11.8 Å². The number of carbonyl (C=O) groups excluding carboxylic acids is 2. The first-order chi connectivity index (χ1) is 12.6. The minimum atomic E-state index is -0.247. The van der Waals surface area contributed by atoms with Crippen LogP contribution in [0.15, 0.2) is 54.6 Å². The highest BCUT2D eigenvalue weighted by atomic mass is 35.5. The van der Waals surface area contributed by atoms with Crippen molar-refractivity contribution in [3.05, 3.63) is 70.7 Å². The molecule has 0 unspecified atom stereocenters. The second-order valence-electron chi connectivity index (χ2n) is 6.64. The molecule has 2 aromatic carbocycles. The largest absolute Gasteiger partial charge is 0.355 e. The van der Waals surface area contributed by atoms with Crippen LogP contribution in [0.3, 0.4) is 0 Å². The summed E-state index contributed by atoms with van der Waals surface area (Å²) in [5.74, 6) is -0.211. The molecule has 0 aromatic heterocycles. The lowest BCUT2D eigenvalue weighted by Crippen LogP contribution is -2.34. The topological polar surface area (TPSA) is 49.4 Å². The molecular weight excluding hydrogens is 348 g/mol. The summed E-state index contributed by atoms with van der Waals surface area (Å²) in [4.78, 5) is 26.3. The number of benzene rings is 2. The maximum atomic E-state index is 12.3. The molecule has 3 rings (SSSR count). The predicted octanol–water partition coefficient (Wildman–Crippen LogP) is 3.09. The standard InChI is InChI=1S/C21H23ClN2O2/c22-19-8-6-17(7-9-19)10-12-23-21(26)18-14-20(25)24(15-18)13-11-16-4-2-1-3-5-16/h1-9,18H,10-15H2,(H,23,26)/t18-/m1/s1. The van der Waals surface area contributed by atoms with E-state index in [1.54, 1.807) is 4.90 Å². The number of likely N-dealkylation sites (tertiary alicyclic amines) is 1. The third-order valence-corrected chi connectivity index (χ3v) is 4.98. The third-order valence-electron chi connectivity index (χ3n) is 4.72. The van der Waals surface area contributed by atoms with Crippen LogP contribution in [0.1, 0.15) is 17.5 Å². The Morgan fingerprint density at radius 2 is 1.73 bits per heavy atom. The second kappa shape index (κ2) is 8.86. The molecule has 1 N–H and O–H groups in total. The molecule has 2 amide bonds. The molecule has 1 aliphatic rings. The Kier molecular flexibility index (Phi) is 6.29. The molecule has 1 fully saturated rings. The van der Waals surface area contributed by atoms with Crippen molar-refractivity contribution in [1.29, 1.82) is 0 Å². The molecule has 26 heavy (non-hydrogen) atoms. The summed E-state index contributed by atoms with van der Waals surface area (Å²) < 4.78 is 0. The van der Waals surface area contributed by atoms with E-state index in [9.17, 15) is 9.59 Å². The molecule has 0 saturated carbocycles. The Balaban J connectivity index is 1.42. The van der Waals surface area contributed by atoms with Crippen molar-refractivity contribution < 1.29 is 9.59 Å². The number of hydrogen-bond acceptors (Lipinski definition) is 2. The van der Waals surface area contributed by atoms with Gasteiger partial charge >= 0.3 is 0 Å². The van der Waals surface area contributed by atoms with Gasteiger partial charge in [-0.15, -0.1) is 0 Å². The smallest absolute Gasteiger partial charge is 0.225 e. The highest BCUT2D eigenvalue weighted by Gasteiger charge is 2.33. The van der Waals surface area contributed by atoms with E-state index >= 15 is 0 Å². The highest BCUT2D eigenvalue weighted by molar-refractivity contribution is 6.30. The SMILES string of the molecule is O=C(NCCc1ccc(Cl)cc1)[C@@H]1CC(=O)N(CCc2ccccc2)C1. The molecule has 2 aromatic rings. The normalized spacial score (nSPS) is 16.7. The van der Waals surface area contributed by atoms with Gasteiger partial charge in [-0.3, -0.25) is 9.59 Å². The van der Waals surface area contributed by atoms with Gasteiger partial charge in [-0.25, -0.2) is 0 Å². The second-order valence-corrected chi connectivity index (χ2v) is 7.08. The van der Waals surface area contributed by atoms with Crippen molar-refractivity contribution in [3.8, 4) is 0 Å². The number of nitrogens with one attached hydrogen (secondary N) is 1. The van der Waals surface area contributed by atoms with Gasteiger partial charge in [-0.2, -0.15) is 0 Å². The number of rotatable bonds is 7. The van der Waals surface area contributed by atoms with Gasteiger partial charge in [0.05, 0.1) is 5.92 Å². The zero-order chi connectivity index (χ0) is 18.4. The molecule has 5 heteroatoms. The lowest BCUT2D eigenvalue weighted by atomic mass is 10.1. The van der Waals surface area contributed by atoms with Gasteiger partial charge in [-0.1, -0.05) is 54.1 Å². The van der Waals surface area contributed by atoms with E-state index in [0.717, 1.165) is 18.4 Å². The number of nitrogens with zero attached hydrogens (tertiary/aromatic N) is 1. The summed E-state index contributed by atoms with van der Waals surface area (Å²) in [5, 5.41) is 3.66. The summed E-state index contributed by atoms with van der Waals surface area (Å²) in [6.45, 7) is 1.74. The Morgan fingerprint density at radius 3 is 2.46 bits per heavy atom. The van der Waals surface area contributed by atoms with Crippen LogP contribution in [-0.2, 0) is 22.4 Å². The highest BCUT2D eigenvalue weighted by Crippen LogP contribution is 2.18. The first kappa shape index (κ1) is 18.5. The maximum absolute atomic E-state index is 12.3. The first-order valence-electron chi connectivity index (χ1n) is 8.95. The van der Waals surface area contributed by atoms with Crippen LogP contribution in [0.2, 0.25) is 5.02 Å². The van der Waals surface area contributed by atoms with Crippen molar-refractivity contribution in [2.75, 3.05) is 19.6 Å². The van der Waals surface area contributed by atoms with Crippen LogP contribution in [0.4, 0.5) is 0 Å².